The Balaban J connectivity index is 2.37. The van der Waals surface area contributed by atoms with Crippen LogP contribution in [0.2, 0.25) is 5.02 Å². The lowest BCUT2D eigenvalue weighted by Crippen LogP contribution is -2.10. The third-order valence-electron chi connectivity index (χ3n) is 2.49. The lowest BCUT2D eigenvalue weighted by atomic mass is 10.0. The Morgan fingerprint density at radius 3 is 3.00 bits per heavy atom. The predicted molar refractivity (Wildman–Crippen MR) is 67.3 cm³/mol. The molecule has 88 valence electrons. The van der Waals surface area contributed by atoms with E-state index in [2.05, 4.69) is 4.98 Å². The number of aromatic nitrogens is 1. The number of halogens is 1. The Kier molecular flexibility index (Phi) is 3.71. The second-order valence-corrected chi connectivity index (χ2v) is 4.22. The minimum Gasteiger partial charge on any atom is -0.377 e. The second-order valence-electron chi connectivity index (χ2n) is 3.78. The molecule has 0 unspecified atom stereocenters. The Labute approximate surface area is 104 Å². The summed E-state index contributed by atoms with van der Waals surface area (Å²) in [5, 5.41) is 1.60. The molecule has 0 aliphatic rings. The molecule has 0 fully saturated rings. The number of Topliss-reactive ketones (excluding diaryl/α,β-unsaturated/α-hetero) is 1. The van der Waals surface area contributed by atoms with E-state index in [9.17, 15) is 4.79 Å². The molecular formula is C13H12ClNO2. The fourth-order valence-corrected chi connectivity index (χ4v) is 1.93. The Bertz CT molecular complexity index is 554. The normalized spacial score (nSPS) is 10.7. The molecule has 0 atom stereocenters. The van der Waals surface area contributed by atoms with Crippen LogP contribution >= 0.6 is 11.6 Å². The standard InChI is InChI=1S/C13H12ClNO2/c1-17-8-11(16)6-9-4-5-15-13-7-10(14)2-3-12(9)13/h2-5,7H,6,8H2,1H3. The summed E-state index contributed by atoms with van der Waals surface area (Å²) in [6.45, 7) is 0.136. The molecule has 2 rings (SSSR count). The average Bonchev–Trinajstić information content (AvgIpc) is 2.29. The van der Waals surface area contributed by atoms with E-state index < -0.39 is 0 Å². The number of fused-ring (bicyclic) bond motifs is 1. The minimum atomic E-state index is 0.0509. The maximum absolute atomic E-state index is 11.6. The van der Waals surface area contributed by atoms with Gasteiger partial charge in [0, 0.05) is 30.1 Å². The first-order valence-corrected chi connectivity index (χ1v) is 5.62. The minimum absolute atomic E-state index is 0.0509. The molecule has 0 amide bonds. The number of ether oxygens (including phenoxy) is 1. The molecule has 0 saturated carbocycles. The van der Waals surface area contributed by atoms with E-state index in [-0.39, 0.29) is 12.4 Å². The summed E-state index contributed by atoms with van der Waals surface area (Å²) in [6, 6.07) is 7.33. The molecule has 4 heteroatoms. The van der Waals surface area contributed by atoms with E-state index in [1.54, 1.807) is 18.3 Å². The van der Waals surface area contributed by atoms with Gasteiger partial charge in [-0.25, -0.2) is 0 Å². The van der Waals surface area contributed by atoms with Gasteiger partial charge in [0.25, 0.3) is 0 Å². The monoisotopic (exact) mass is 249 g/mol. The third-order valence-corrected chi connectivity index (χ3v) is 2.72. The van der Waals surface area contributed by atoms with Crippen molar-refractivity contribution in [3.8, 4) is 0 Å². The fourth-order valence-electron chi connectivity index (χ4n) is 1.76. The molecule has 2 aromatic rings. The van der Waals surface area contributed by atoms with E-state index in [4.69, 9.17) is 16.3 Å². The van der Waals surface area contributed by atoms with Crippen LogP contribution in [0.5, 0.6) is 0 Å². The van der Waals surface area contributed by atoms with Gasteiger partial charge in [0.2, 0.25) is 0 Å². The number of hydrogen-bond donors (Lipinski definition) is 0. The van der Waals surface area contributed by atoms with E-state index in [0.29, 0.717) is 11.4 Å². The summed E-state index contributed by atoms with van der Waals surface area (Å²) in [4.78, 5) is 15.8. The van der Waals surface area contributed by atoms with Crippen LogP contribution < -0.4 is 0 Å². The first-order chi connectivity index (χ1) is 8.20. The molecular weight excluding hydrogens is 238 g/mol. The number of benzene rings is 1. The largest absolute Gasteiger partial charge is 0.377 e. The second kappa shape index (κ2) is 5.25. The van der Waals surface area contributed by atoms with E-state index >= 15 is 0 Å². The number of carbonyl (C=O) groups excluding carboxylic acids is 1. The van der Waals surface area contributed by atoms with Gasteiger partial charge in [0.15, 0.2) is 5.78 Å². The number of hydrogen-bond acceptors (Lipinski definition) is 3. The van der Waals surface area contributed by atoms with Crippen LogP contribution in [-0.4, -0.2) is 24.5 Å². The van der Waals surface area contributed by atoms with Gasteiger partial charge >= 0.3 is 0 Å². The van der Waals surface area contributed by atoms with Gasteiger partial charge in [0.05, 0.1) is 5.52 Å². The van der Waals surface area contributed by atoms with E-state index in [1.165, 1.54) is 7.11 Å². The van der Waals surface area contributed by atoms with Crippen LogP contribution in [-0.2, 0) is 16.0 Å². The van der Waals surface area contributed by atoms with Crippen molar-refractivity contribution in [3.05, 3.63) is 41.0 Å². The molecule has 0 spiro atoms. The van der Waals surface area contributed by atoms with Crippen molar-refractivity contribution in [2.75, 3.05) is 13.7 Å². The zero-order valence-corrected chi connectivity index (χ0v) is 10.2. The maximum atomic E-state index is 11.6. The Hall–Kier alpha value is -1.45. The zero-order chi connectivity index (χ0) is 12.3. The summed E-state index contributed by atoms with van der Waals surface area (Å²) in [5.41, 5.74) is 1.76. The first-order valence-electron chi connectivity index (χ1n) is 5.24. The molecule has 0 aliphatic heterocycles. The van der Waals surface area contributed by atoms with Gasteiger partial charge < -0.3 is 4.74 Å². The highest BCUT2D eigenvalue weighted by Gasteiger charge is 2.07. The van der Waals surface area contributed by atoms with Crippen molar-refractivity contribution in [2.24, 2.45) is 0 Å². The van der Waals surface area contributed by atoms with Crippen molar-refractivity contribution in [2.45, 2.75) is 6.42 Å². The van der Waals surface area contributed by atoms with Gasteiger partial charge in [-0.1, -0.05) is 17.7 Å². The summed E-state index contributed by atoms with van der Waals surface area (Å²) in [7, 11) is 1.52. The van der Waals surface area contributed by atoms with Crippen molar-refractivity contribution < 1.29 is 9.53 Å². The quantitative estimate of drug-likeness (QED) is 0.836. The number of rotatable bonds is 4. The van der Waals surface area contributed by atoms with Gasteiger partial charge in [-0.05, 0) is 23.8 Å². The third kappa shape index (κ3) is 2.81. The van der Waals surface area contributed by atoms with Crippen LogP contribution in [0.1, 0.15) is 5.56 Å². The lowest BCUT2D eigenvalue weighted by molar-refractivity contribution is -0.121. The average molecular weight is 250 g/mol. The van der Waals surface area contributed by atoms with Crippen LogP contribution in [0.4, 0.5) is 0 Å². The van der Waals surface area contributed by atoms with Gasteiger partial charge in [-0.15, -0.1) is 0 Å². The van der Waals surface area contributed by atoms with Gasteiger partial charge in [-0.3, -0.25) is 9.78 Å². The van der Waals surface area contributed by atoms with Crippen molar-refractivity contribution in [3.63, 3.8) is 0 Å². The molecule has 0 saturated heterocycles. The maximum Gasteiger partial charge on any atom is 0.162 e. The van der Waals surface area contributed by atoms with Crippen LogP contribution in [0, 0.1) is 0 Å². The van der Waals surface area contributed by atoms with Crippen LogP contribution in [0.25, 0.3) is 10.9 Å². The topological polar surface area (TPSA) is 39.2 Å². The molecule has 0 bridgehead atoms. The van der Waals surface area contributed by atoms with E-state index in [0.717, 1.165) is 16.5 Å². The van der Waals surface area contributed by atoms with E-state index in [1.807, 2.05) is 12.1 Å². The van der Waals surface area contributed by atoms with Crippen LogP contribution in [0.15, 0.2) is 30.5 Å². The van der Waals surface area contributed by atoms with Crippen molar-refractivity contribution >= 4 is 28.3 Å². The van der Waals surface area contributed by atoms with Crippen molar-refractivity contribution in [1.82, 2.24) is 4.98 Å². The molecule has 1 heterocycles. The van der Waals surface area contributed by atoms with Crippen LogP contribution in [0.3, 0.4) is 0 Å². The summed E-state index contributed by atoms with van der Waals surface area (Å²) in [5.74, 6) is 0.0509. The highest BCUT2D eigenvalue weighted by Crippen LogP contribution is 2.21. The summed E-state index contributed by atoms with van der Waals surface area (Å²) < 4.78 is 4.82. The number of carbonyl (C=O) groups is 1. The zero-order valence-electron chi connectivity index (χ0n) is 9.44. The van der Waals surface area contributed by atoms with Gasteiger partial charge in [0.1, 0.15) is 6.61 Å². The molecule has 3 nitrogen and oxygen atoms in total. The number of nitrogens with zero attached hydrogens (tertiary/aromatic N) is 1. The summed E-state index contributed by atoms with van der Waals surface area (Å²) in [6.07, 6.45) is 2.04. The van der Waals surface area contributed by atoms with Crippen molar-refractivity contribution in [1.29, 1.82) is 0 Å². The lowest BCUT2D eigenvalue weighted by Gasteiger charge is -2.05. The molecule has 0 aliphatic carbocycles. The Morgan fingerprint density at radius 1 is 1.41 bits per heavy atom. The smallest absolute Gasteiger partial charge is 0.162 e. The van der Waals surface area contributed by atoms with Gasteiger partial charge in [-0.2, -0.15) is 0 Å². The predicted octanol–water partition coefficient (Wildman–Crippen LogP) is 2.65. The number of ketones is 1. The Morgan fingerprint density at radius 2 is 2.24 bits per heavy atom. The SMILES string of the molecule is COCC(=O)Cc1ccnc2cc(Cl)ccc12. The molecule has 0 radical (unpaired) electrons. The first kappa shape index (κ1) is 12.0. The highest BCUT2D eigenvalue weighted by atomic mass is 35.5. The number of pyridine rings is 1. The molecule has 0 N–H and O–H groups in total. The summed E-state index contributed by atoms with van der Waals surface area (Å²) >= 11 is 5.90. The highest BCUT2D eigenvalue weighted by molar-refractivity contribution is 6.31. The number of methoxy groups -OCH3 is 1. The molecule has 1 aromatic heterocycles. The molecule has 1 aromatic carbocycles. The molecule has 17 heavy (non-hydrogen) atoms. The fraction of sp³-hybridized carbons (Fsp3) is 0.231.